The standard InChI is InChI=1S/C15H19ClN2O2S/c1-11-3-6-13(7-4-11)18(2)21(19,20)15-8-5-12(10-17)9-14(15)16/h5,8-9,11,13H,3-4,6-7H2,1-2H3. The van der Waals surface area contributed by atoms with Gasteiger partial charge in [0.1, 0.15) is 4.90 Å². The molecule has 21 heavy (non-hydrogen) atoms. The summed E-state index contributed by atoms with van der Waals surface area (Å²) in [5.74, 6) is 0.663. The summed E-state index contributed by atoms with van der Waals surface area (Å²) in [7, 11) is -2.00. The SMILES string of the molecule is CC1CCC(N(C)S(=O)(=O)c2ccc(C#N)cc2Cl)CC1. The molecule has 0 amide bonds. The maximum absolute atomic E-state index is 12.7. The first-order valence-electron chi connectivity index (χ1n) is 7.04. The van der Waals surface area contributed by atoms with Crippen molar-refractivity contribution in [2.75, 3.05) is 7.05 Å². The van der Waals surface area contributed by atoms with E-state index in [0.717, 1.165) is 25.7 Å². The predicted molar refractivity (Wildman–Crippen MR) is 82.5 cm³/mol. The fourth-order valence-corrected chi connectivity index (χ4v) is 4.67. The minimum absolute atomic E-state index is 0.0258. The Bertz CT molecular complexity index is 659. The third-order valence-corrected chi connectivity index (χ3v) is 6.61. The van der Waals surface area contributed by atoms with Gasteiger partial charge in [0.2, 0.25) is 10.0 Å². The van der Waals surface area contributed by atoms with Crippen LogP contribution in [0.25, 0.3) is 0 Å². The molecule has 0 radical (unpaired) electrons. The highest BCUT2D eigenvalue weighted by atomic mass is 35.5. The summed E-state index contributed by atoms with van der Waals surface area (Å²) < 4.78 is 26.8. The molecule has 114 valence electrons. The Morgan fingerprint density at radius 1 is 1.29 bits per heavy atom. The van der Waals surface area contributed by atoms with Gasteiger partial charge in [-0.25, -0.2) is 8.42 Å². The fourth-order valence-electron chi connectivity index (χ4n) is 2.74. The molecule has 1 aliphatic rings. The smallest absolute Gasteiger partial charge is 0.207 e. The zero-order valence-electron chi connectivity index (χ0n) is 12.2. The van der Waals surface area contributed by atoms with Crippen LogP contribution in [0.3, 0.4) is 0 Å². The molecule has 0 aromatic heterocycles. The lowest BCUT2D eigenvalue weighted by molar-refractivity contribution is 0.246. The van der Waals surface area contributed by atoms with Crippen molar-refractivity contribution in [1.82, 2.24) is 4.31 Å². The molecule has 1 aromatic rings. The van der Waals surface area contributed by atoms with E-state index in [9.17, 15) is 8.42 Å². The van der Waals surface area contributed by atoms with E-state index in [1.165, 1.54) is 22.5 Å². The van der Waals surface area contributed by atoms with Gasteiger partial charge in [0.05, 0.1) is 16.7 Å². The Morgan fingerprint density at radius 3 is 2.43 bits per heavy atom. The average Bonchev–Trinajstić information content (AvgIpc) is 2.46. The summed E-state index contributed by atoms with van der Waals surface area (Å²) in [5.41, 5.74) is 0.355. The van der Waals surface area contributed by atoms with Crippen LogP contribution >= 0.6 is 11.6 Å². The van der Waals surface area contributed by atoms with Crippen molar-refractivity contribution in [3.05, 3.63) is 28.8 Å². The summed E-state index contributed by atoms with van der Waals surface area (Å²) >= 11 is 6.04. The zero-order valence-corrected chi connectivity index (χ0v) is 13.8. The number of nitrogens with zero attached hydrogens (tertiary/aromatic N) is 2. The van der Waals surface area contributed by atoms with Crippen molar-refractivity contribution in [1.29, 1.82) is 5.26 Å². The molecule has 0 saturated heterocycles. The molecule has 1 saturated carbocycles. The highest BCUT2D eigenvalue weighted by molar-refractivity contribution is 7.89. The van der Waals surface area contributed by atoms with Gasteiger partial charge in [-0.15, -0.1) is 0 Å². The lowest BCUT2D eigenvalue weighted by Crippen LogP contribution is -2.39. The molecule has 2 rings (SSSR count). The molecular formula is C15H19ClN2O2S. The number of benzene rings is 1. The maximum atomic E-state index is 12.7. The van der Waals surface area contributed by atoms with Crippen LogP contribution in [0, 0.1) is 17.2 Å². The van der Waals surface area contributed by atoms with Crippen LogP contribution in [0.4, 0.5) is 0 Å². The van der Waals surface area contributed by atoms with Gasteiger partial charge in [0, 0.05) is 13.1 Å². The summed E-state index contributed by atoms with van der Waals surface area (Å²) in [6.45, 7) is 2.20. The van der Waals surface area contributed by atoms with Crippen LogP contribution in [0.5, 0.6) is 0 Å². The molecule has 1 fully saturated rings. The number of hydrogen-bond donors (Lipinski definition) is 0. The highest BCUT2D eigenvalue weighted by Crippen LogP contribution is 2.31. The maximum Gasteiger partial charge on any atom is 0.244 e. The number of halogens is 1. The van der Waals surface area contributed by atoms with Crippen LogP contribution in [-0.2, 0) is 10.0 Å². The highest BCUT2D eigenvalue weighted by Gasteiger charge is 2.31. The van der Waals surface area contributed by atoms with Crippen molar-refractivity contribution in [2.24, 2.45) is 5.92 Å². The minimum Gasteiger partial charge on any atom is -0.207 e. The van der Waals surface area contributed by atoms with Gasteiger partial charge < -0.3 is 0 Å². The third-order valence-electron chi connectivity index (χ3n) is 4.22. The second-order valence-corrected chi connectivity index (χ2v) is 8.07. The summed E-state index contributed by atoms with van der Waals surface area (Å²) in [4.78, 5) is 0.0734. The molecule has 0 unspecified atom stereocenters. The first-order chi connectivity index (χ1) is 9.86. The Balaban J connectivity index is 2.27. The van der Waals surface area contributed by atoms with Gasteiger partial charge in [0.15, 0.2) is 0 Å². The molecule has 0 N–H and O–H groups in total. The van der Waals surface area contributed by atoms with Gasteiger partial charge >= 0.3 is 0 Å². The van der Waals surface area contributed by atoms with E-state index in [0.29, 0.717) is 11.5 Å². The Labute approximate surface area is 131 Å². The summed E-state index contributed by atoms with van der Waals surface area (Å²) in [6.07, 6.45) is 3.85. The fraction of sp³-hybridized carbons (Fsp3) is 0.533. The molecule has 6 heteroatoms. The van der Waals surface area contributed by atoms with Crippen molar-refractivity contribution in [3.8, 4) is 6.07 Å². The topological polar surface area (TPSA) is 61.2 Å². The van der Waals surface area contributed by atoms with E-state index in [4.69, 9.17) is 16.9 Å². The first-order valence-corrected chi connectivity index (χ1v) is 8.85. The quantitative estimate of drug-likeness (QED) is 0.855. The summed E-state index contributed by atoms with van der Waals surface area (Å²) in [5, 5.41) is 8.93. The van der Waals surface area contributed by atoms with Crippen LogP contribution in [0.2, 0.25) is 5.02 Å². The molecular weight excluding hydrogens is 308 g/mol. The second-order valence-electron chi connectivity index (χ2n) is 5.69. The number of sulfonamides is 1. The van der Waals surface area contributed by atoms with E-state index in [1.807, 2.05) is 6.07 Å². The van der Waals surface area contributed by atoms with Crippen LogP contribution < -0.4 is 0 Å². The zero-order chi connectivity index (χ0) is 15.6. The van der Waals surface area contributed by atoms with Crippen molar-refractivity contribution < 1.29 is 8.42 Å². The molecule has 0 aliphatic heterocycles. The third kappa shape index (κ3) is 3.39. The molecule has 0 heterocycles. The first kappa shape index (κ1) is 16.3. The number of nitriles is 1. The molecule has 0 spiro atoms. The Kier molecular flexibility index (Phi) is 4.92. The molecule has 1 aromatic carbocycles. The van der Waals surface area contributed by atoms with E-state index >= 15 is 0 Å². The second kappa shape index (κ2) is 6.35. The van der Waals surface area contributed by atoms with Crippen molar-refractivity contribution in [2.45, 2.75) is 43.5 Å². The van der Waals surface area contributed by atoms with Gasteiger partial charge in [-0.2, -0.15) is 9.57 Å². The van der Waals surface area contributed by atoms with E-state index in [2.05, 4.69) is 6.92 Å². The molecule has 4 nitrogen and oxygen atoms in total. The van der Waals surface area contributed by atoms with Gasteiger partial charge in [-0.05, 0) is 49.8 Å². The van der Waals surface area contributed by atoms with E-state index < -0.39 is 10.0 Å². The number of rotatable bonds is 3. The van der Waals surface area contributed by atoms with E-state index in [1.54, 1.807) is 7.05 Å². The minimum atomic E-state index is -3.62. The average molecular weight is 327 g/mol. The van der Waals surface area contributed by atoms with Crippen LogP contribution in [0.15, 0.2) is 23.1 Å². The summed E-state index contributed by atoms with van der Waals surface area (Å²) in [6, 6.07) is 6.27. The van der Waals surface area contributed by atoms with Crippen molar-refractivity contribution in [3.63, 3.8) is 0 Å². The normalized spacial score (nSPS) is 23.0. The molecule has 0 atom stereocenters. The Morgan fingerprint density at radius 2 is 1.90 bits per heavy atom. The van der Waals surface area contributed by atoms with Gasteiger partial charge in [-0.3, -0.25) is 0 Å². The largest absolute Gasteiger partial charge is 0.244 e. The Hall–Kier alpha value is -1.09. The van der Waals surface area contributed by atoms with Crippen molar-refractivity contribution >= 4 is 21.6 Å². The predicted octanol–water partition coefficient (Wildman–Crippen LogP) is 3.41. The van der Waals surface area contributed by atoms with Crippen LogP contribution in [-0.4, -0.2) is 25.8 Å². The molecule has 0 bridgehead atoms. The van der Waals surface area contributed by atoms with E-state index in [-0.39, 0.29) is 16.0 Å². The lowest BCUT2D eigenvalue weighted by Gasteiger charge is -2.33. The van der Waals surface area contributed by atoms with Gasteiger partial charge in [-0.1, -0.05) is 18.5 Å². The molecule has 1 aliphatic carbocycles. The number of hydrogen-bond acceptors (Lipinski definition) is 3. The lowest BCUT2D eigenvalue weighted by atomic mass is 9.87. The van der Waals surface area contributed by atoms with Crippen LogP contribution in [0.1, 0.15) is 38.2 Å². The van der Waals surface area contributed by atoms with Gasteiger partial charge in [0.25, 0.3) is 0 Å². The monoisotopic (exact) mass is 326 g/mol.